The van der Waals surface area contributed by atoms with Gasteiger partial charge in [-0.05, 0) is 35.5 Å². The number of hydrogen-bond donors (Lipinski definition) is 1. The molecule has 25 heavy (non-hydrogen) atoms. The van der Waals surface area contributed by atoms with E-state index in [0.717, 1.165) is 10.7 Å². The zero-order valence-electron chi connectivity index (χ0n) is 13.1. The molecule has 6 nitrogen and oxygen atoms in total. The molecule has 1 amide bonds. The summed E-state index contributed by atoms with van der Waals surface area (Å²) in [5.41, 5.74) is 1.46. The van der Waals surface area contributed by atoms with Crippen molar-refractivity contribution in [3.8, 4) is 0 Å². The molecule has 0 unspecified atom stereocenters. The third-order valence-electron chi connectivity index (χ3n) is 3.42. The van der Waals surface area contributed by atoms with Crippen molar-refractivity contribution in [3.05, 3.63) is 35.4 Å². The summed E-state index contributed by atoms with van der Waals surface area (Å²) in [5.74, 6) is -1.20. The lowest BCUT2D eigenvalue weighted by Crippen LogP contribution is -2.35. The fourth-order valence-corrected chi connectivity index (χ4v) is 2.90. The first-order chi connectivity index (χ1) is 11.7. The second-order valence-electron chi connectivity index (χ2n) is 5.41. The van der Waals surface area contributed by atoms with Gasteiger partial charge in [-0.1, -0.05) is 12.1 Å². The molecule has 0 aliphatic carbocycles. The highest BCUT2D eigenvalue weighted by atomic mass is 32.2. The molecule has 2 aliphatic rings. The molecule has 130 valence electrons. The maximum Gasteiger partial charge on any atom is 0.441 e. The van der Waals surface area contributed by atoms with E-state index in [-0.39, 0.29) is 22.5 Å². The van der Waals surface area contributed by atoms with Crippen LogP contribution in [0.1, 0.15) is 5.56 Å². The molecule has 0 aromatic heterocycles. The molecule has 0 spiro atoms. The van der Waals surface area contributed by atoms with Crippen molar-refractivity contribution >= 4 is 45.5 Å². The van der Waals surface area contributed by atoms with E-state index in [1.54, 1.807) is 12.1 Å². The van der Waals surface area contributed by atoms with E-state index in [1.165, 1.54) is 6.08 Å². The van der Waals surface area contributed by atoms with Gasteiger partial charge in [0.15, 0.2) is 5.84 Å². The van der Waals surface area contributed by atoms with Crippen LogP contribution in [0.25, 0.3) is 6.08 Å². The summed E-state index contributed by atoms with van der Waals surface area (Å²) in [5, 5.41) is 10.7. The van der Waals surface area contributed by atoms with Gasteiger partial charge in [-0.25, -0.2) is 0 Å². The number of hydrogen-bond acceptors (Lipinski definition) is 5. The van der Waals surface area contributed by atoms with Gasteiger partial charge < -0.3 is 4.90 Å². The number of benzene rings is 1. The number of thioether (sulfide) groups is 1. The Morgan fingerprint density at radius 1 is 1.24 bits per heavy atom. The predicted octanol–water partition coefficient (Wildman–Crippen LogP) is 2.93. The summed E-state index contributed by atoms with van der Waals surface area (Å²) in [4.78, 5) is 17.6. The number of carbonyl (C=O) groups excluding carboxylic acids is 1. The van der Waals surface area contributed by atoms with Crippen molar-refractivity contribution in [2.24, 2.45) is 10.1 Å². The number of fused-ring (bicyclic) bond motifs is 1. The number of aliphatic imine (C=N–C) groups is 1. The molecular weight excluding hydrogens is 355 g/mol. The highest BCUT2D eigenvalue weighted by Crippen LogP contribution is 2.35. The Balaban J connectivity index is 1.93. The molecule has 2 heterocycles. The highest BCUT2D eigenvalue weighted by Gasteiger charge is 2.46. The number of anilines is 1. The third kappa shape index (κ3) is 3.29. The van der Waals surface area contributed by atoms with Crippen LogP contribution in [0.2, 0.25) is 0 Å². The van der Waals surface area contributed by atoms with Gasteiger partial charge in [0.1, 0.15) is 0 Å². The number of alkyl halides is 3. The van der Waals surface area contributed by atoms with E-state index in [0.29, 0.717) is 5.56 Å². The van der Waals surface area contributed by atoms with Gasteiger partial charge in [0.25, 0.3) is 5.91 Å². The van der Waals surface area contributed by atoms with Crippen LogP contribution in [0.4, 0.5) is 18.9 Å². The minimum atomic E-state index is -4.65. The Labute approximate surface area is 145 Å². The summed E-state index contributed by atoms with van der Waals surface area (Å²) < 4.78 is 38.3. The Hall–Kier alpha value is -2.62. The lowest BCUT2D eigenvalue weighted by atomic mass is 10.1. The number of amidine groups is 2. The topological polar surface area (TPSA) is 72.1 Å². The number of carbonyl (C=O) groups is 1. The number of nitrogens with zero attached hydrogens (tertiary/aromatic N) is 4. The average Bonchev–Trinajstić information content (AvgIpc) is 2.96. The molecule has 1 aromatic carbocycles. The van der Waals surface area contributed by atoms with Gasteiger partial charge in [0.05, 0.1) is 5.57 Å². The van der Waals surface area contributed by atoms with E-state index in [9.17, 15) is 18.0 Å². The molecule has 0 saturated carbocycles. The van der Waals surface area contributed by atoms with Crippen LogP contribution in [0.5, 0.6) is 0 Å². The van der Waals surface area contributed by atoms with Crippen molar-refractivity contribution in [2.75, 3.05) is 19.0 Å². The third-order valence-corrected chi connectivity index (χ3v) is 4.37. The van der Waals surface area contributed by atoms with Crippen molar-refractivity contribution in [1.82, 2.24) is 5.01 Å². The highest BCUT2D eigenvalue weighted by molar-refractivity contribution is 8.27. The minimum absolute atomic E-state index is 0.117. The summed E-state index contributed by atoms with van der Waals surface area (Å²) in [6.07, 6.45) is -3.24. The predicted molar refractivity (Wildman–Crippen MR) is 91.8 cm³/mol. The van der Waals surface area contributed by atoms with E-state index in [2.05, 4.69) is 10.1 Å². The molecule has 0 fully saturated rings. The zero-order valence-corrected chi connectivity index (χ0v) is 13.9. The average molecular weight is 367 g/mol. The monoisotopic (exact) mass is 367 g/mol. The molecule has 2 aliphatic heterocycles. The van der Waals surface area contributed by atoms with Crippen molar-refractivity contribution < 1.29 is 18.0 Å². The van der Waals surface area contributed by atoms with Crippen LogP contribution in [0, 0.1) is 5.41 Å². The number of hydrazone groups is 1. The first-order valence-corrected chi connectivity index (χ1v) is 7.83. The van der Waals surface area contributed by atoms with E-state index in [4.69, 9.17) is 5.41 Å². The van der Waals surface area contributed by atoms with E-state index < -0.39 is 23.0 Å². The Bertz CT molecular complexity index is 840. The number of halogens is 3. The minimum Gasteiger partial charge on any atom is -0.378 e. The van der Waals surface area contributed by atoms with Crippen LogP contribution in [0.3, 0.4) is 0 Å². The van der Waals surface area contributed by atoms with Gasteiger partial charge in [-0.15, -0.1) is 0 Å². The molecule has 0 bridgehead atoms. The Morgan fingerprint density at radius 3 is 2.44 bits per heavy atom. The van der Waals surface area contributed by atoms with E-state index in [1.807, 2.05) is 31.1 Å². The second kappa shape index (κ2) is 6.03. The fourth-order valence-electron chi connectivity index (χ4n) is 2.14. The largest absolute Gasteiger partial charge is 0.441 e. The molecule has 0 saturated heterocycles. The summed E-state index contributed by atoms with van der Waals surface area (Å²) >= 11 is 0.229. The molecule has 10 heteroatoms. The fraction of sp³-hybridized carbons (Fsp3) is 0.200. The smallest absolute Gasteiger partial charge is 0.378 e. The summed E-state index contributed by atoms with van der Waals surface area (Å²) in [6, 6.07) is 7.13. The van der Waals surface area contributed by atoms with Crippen LogP contribution in [-0.2, 0) is 4.79 Å². The summed E-state index contributed by atoms with van der Waals surface area (Å²) in [6.45, 7) is 0. The lowest BCUT2D eigenvalue weighted by Gasteiger charge is -2.20. The van der Waals surface area contributed by atoms with Crippen LogP contribution >= 0.6 is 11.8 Å². The quantitative estimate of drug-likeness (QED) is 0.816. The Morgan fingerprint density at radius 2 is 1.88 bits per heavy atom. The second-order valence-corrected chi connectivity index (χ2v) is 6.36. The number of rotatable bonds is 2. The summed E-state index contributed by atoms with van der Waals surface area (Å²) in [7, 11) is 3.76. The molecule has 1 N–H and O–H groups in total. The van der Waals surface area contributed by atoms with Crippen LogP contribution in [0.15, 0.2) is 39.9 Å². The van der Waals surface area contributed by atoms with Crippen LogP contribution in [-0.4, -0.2) is 47.2 Å². The normalized spacial score (nSPS) is 19.1. The zero-order chi connectivity index (χ0) is 18.4. The molecular formula is C15H12F3N5OS. The first-order valence-electron chi connectivity index (χ1n) is 7.01. The standard InChI is InChI=1S/C15H12F3N5OS/c1-22(2)9-5-3-8(4-6-9)7-10-11(19)23-14(20-12(10)24)25-13(21-23)15(16,17)18/h3-7,19H,1-2H3. The van der Waals surface area contributed by atoms with Crippen molar-refractivity contribution in [1.29, 1.82) is 5.41 Å². The van der Waals surface area contributed by atoms with Crippen molar-refractivity contribution in [3.63, 3.8) is 0 Å². The lowest BCUT2D eigenvalue weighted by molar-refractivity contribution is -0.114. The van der Waals surface area contributed by atoms with E-state index >= 15 is 0 Å². The van der Waals surface area contributed by atoms with Gasteiger partial charge in [0, 0.05) is 19.8 Å². The van der Waals surface area contributed by atoms with Gasteiger partial charge in [-0.3, -0.25) is 10.2 Å². The van der Waals surface area contributed by atoms with Gasteiger partial charge in [-0.2, -0.15) is 28.3 Å². The molecule has 0 radical (unpaired) electrons. The number of nitrogens with one attached hydrogen (secondary N) is 1. The molecule has 1 aromatic rings. The molecule has 3 rings (SSSR count). The SMILES string of the molecule is CN(C)c1ccc(C=C2C(=N)N3N=C(C(F)(F)F)SC3=NC2=O)cc1. The van der Waals surface area contributed by atoms with Gasteiger partial charge in [0.2, 0.25) is 10.2 Å². The van der Waals surface area contributed by atoms with Gasteiger partial charge >= 0.3 is 6.18 Å². The Kier molecular flexibility index (Phi) is 4.15. The maximum absolute atomic E-state index is 12.8. The number of amides is 1. The van der Waals surface area contributed by atoms with Crippen LogP contribution < -0.4 is 4.90 Å². The maximum atomic E-state index is 12.8. The first kappa shape index (κ1) is 17.2. The van der Waals surface area contributed by atoms with Crippen molar-refractivity contribution in [2.45, 2.75) is 6.18 Å². The molecule has 0 atom stereocenters.